The SMILES string of the molecule is CCNC(C)C1CCCc2sccc21. The number of likely N-dealkylation sites (N-methyl/N-ethyl adjacent to an activating group) is 1. The average Bonchev–Trinajstić information content (AvgIpc) is 2.65. The lowest BCUT2D eigenvalue weighted by atomic mass is 9.83. The summed E-state index contributed by atoms with van der Waals surface area (Å²) in [4.78, 5) is 1.63. The van der Waals surface area contributed by atoms with Gasteiger partial charge in [-0.1, -0.05) is 6.92 Å². The van der Waals surface area contributed by atoms with Crippen LogP contribution in [0, 0.1) is 0 Å². The number of nitrogens with one attached hydrogen (secondary N) is 1. The van der Waals surface area contributed by atoms with E-state index in [0.29, 0.717) is 6.04 Å². The number of hydrogen-bond donors (Lipinski definition) is 1. The van der Waals surface area contributed by atoms with Gasteiger partial charge in [-0.2, -0.15) is 0 Å². The fraction of sp³-hybridized carbons (Fsp3) is 0.667. The highest BCUT2D eigenvalue weighted by molar-refractivity contribution is 7.10. The zero-order valence-electron chi connectivity index (χ0n) is 9.05. The maximum Gasteiger partial charge on any atom is 0.0108 e. The molecule has 1 aromatic rings. The van der Waals surface area contributed by atoms with Gasteiger partial charge < -0.3 is 5.32 Å². The first-order valence-corrected chi connectivity index (χ1v) is 6.50. The Morgan fingerprint density at radius 1 is 1.64 bits per heavy atom. The molecular formula is C12H19NS. The summed E-state index contributed by atoms with van der Waals surface area (Å²) < 4.78 is 0. The van der Waals surface area contributed by atoms with E-state index in [1.165, 1.54) is 19.3 Å². The molecule has 0 amide bonds. The van der Waals surface area contributed by atoms with Crippen LogP contribution < -0.4 is 5.32 Å². The first-order chi connectivity index (χ1) is 6.83. The maximum atomic E-state index is 3.55. The Balaban J connectivity index is 2.15. The van der Waals surface area contributed by atoms with Gasteiger partial charge in [0, 0.05) is 16.8 Å². The van der Waals surface area contributed by atoms with Gasteiger partial charge in [0.1, 0.15) is 0 Å². The quantitative estimate of drug-likeness (QED) is 0.806. The summed E-state index contributed by atoms with van der Waals surface area (Å²) in [5.41, 5.74) is 1.62. The van der Waals surface area contributed by atoms with Gasteiger partial charge in [0.2, 0.25) is 0 Å². The molecule has 0 spiro atoms. The van der Waals surface area contributed by atoms with Crippen LogP contribution in [0.3, 0.4) is 0 Å². The minimum absolute atomic E-state index is 0.633. The van der Waals surface area contributed by atoms with E-state index in [2.05, 4.69) is 30.6 Å². The molecule has 14 heavy (non-hydrogen) atoms. The second-order valence-electron chi connectivity index (χ2n) is 4.14. The van der Waals surface area contributed by atoms with Gasteiger partial charge in [-0.05, 0) is 49.7 Å². The summed E-state index contributed by atoms with van der Waals surface area (Å²) in [5, 5.41) is 5.80. The van der Waals surface area contributed by atoms with Gasteiger partial charge in [-0.25, -0.2) is 0 Å². The van der Waals surface area contributed by atoms with Crippen molar-refractivity contribution in [2.24, 2.45) is 0 Å². The van der Waals surface area contributed by atoms with Crippen LogP contribution in [0.4, 0.5) is 0 Å². The van der Waals surface area contributed by atoms with E-state index in [-0.39, 0.29) is 0 Å². The van der Waals surface area contributed by atoms with Crippen LogP contribution in [0.2, 0.25) is 0 Å². The zero-order valence-corrected chi connectivity index (χ0v) is 9.86. The van der Waals surface area contributed by atoms with E-state index < -0.39 is 0 Å². The molecule has 2 unspecified atom stereocenters. The van der Waals surface area contributed by atoms with Gasteiger partial charge in [-0.15, -0.1) is 11.3 Å². The topological polar surface area (TPSA) is 12.0 Å². The first-order valence-electron chi connectivity index (χ1n) is 5.62. The van der Waals surface area contributed by atoms with Gasteiger partial charge in [0.25, 0.3) is 0 Å². The fourth-order valence-electron chi connectivity index (χ4n) is 2.51. The zero-order chi connectivity index (χ0) is 9.97. The highest BCUT2D eigenvalue weighted by Crippen LogP contribution is 2.36. The smallest absolute Gasteiger partial charge is 0.0108 e. The normalized spacial score (nSPS) is 23.1. The van der Waals surface area contributed by atoms with Gasteiger partial charge in [0.15, 0.2) is 0 Å². The van der Waals surface area contributed by atoms with Crippen molar-refractivity contribution < 1.29 is 0 Å². The largest absolute Gasteiger partial charge is 0.314 e. The van der Waals surface area contributed by atoms with Crippen LogP contribution in [0.5, 0.6) is 0 Å². The molecule has 0 saturated carbocycles. The van der Waals surface area contributed by atoms with Crippen molar-refractivity contribution in [2.45, 2.75) is 45.1 Å². The van der Waals surface area contributed by atoms with Crippen LogP contribution in [-0.2, 0) is 6.42 Å². The molecule has 1 heterocycles. The molecule has 1 nitrogen and oxygen atoms in total. The van der Waals surface area contributed by atoms with E-state index in [1.807, 2.05) is 11.3 Å². The second kappa shape index (κ2) is 4.45. The molecule has 78 valence electrons. The van der Waals surface area contributed by atoms with Crippen molar-refractivity contribution in [1.82, 2.24) is 5.32 Å². The molecule has 1 aliphatic rings. The standard InChI is InChI=1S/C12H19NS/c1-3-13-9(2)10-5-4-6-12-11(10)7-8-14-12/h7-10,13H,3-6H2,1-2H3. The summed E-state index contributed by atoms with van der Waals surface area (Å²) in [6.45, 7) is 5.59. The van der Waals surface area contributed by atoms with Crippen LogP contribution in [0.25, 0.3) is 0 Å². The molecule has 2 heteroatoms. The molecule has 0 radical (unpaired) electrons. The molecule has 0 bridgehead atoms. The third-order valence-corrected chi connectivity index (χ3v) is 4.22. The summed E-state index contributed by atoms with van der Waals surface area (Å²) in [7, 11) is 0. The van der Waals surface area contributed by atoms with Crippen LogP contribution in [0.1, 0.15) is 43.0 Å². The molecule has 0 saturated heterocycles. The monoisotopic (exact) mass is 209 g/mol. The number of hydrogen-bond acceptors (Lipinski definition) is 2. The van der Waals surface area contributed by atoms with E-state index >= 15 is 0 Å². The van der Waals surface area contributed by atoms with Crippen molar-refractivity contribution in [2.75, 3.05) is 6.54 Å². The molecule has 0 fully saturated rings. The van der Waals surface area contributed by atoms with Crippen molar-refractivity contribution in [3.05, 3.63) is 21.9 Å². The summed E-state index contributed by atoms with van der Waals surface area (Å²) in [6.07, 6.45) is 4.04. The van der Waals surface area contributed by atoms with E-state index in [0.717, 1.165) is 12.5 Å². The Hall–Kier alpha value is -0.340. The Bertz CT molecular complexity index is 292. The summed E-state index contributed by atoms with van der Waals surface area (Å²) in [6, 6.07) is 2.96. The average molecular weight is 209 g/mol. The third kappa shape index (κ3) is 1.86. The first kappa shape index (κ1) is 10.2. The van der Waals surface area contributed by atoms with Crippen molar-refractivity contribution in [3.8, 4) is 0 Å². The highest BCUT2D eigenvalue weighted by atomic mass is 32.1. The second-order valence-corrected chi connectivity index (χ2v) is 5.14. The Kier molecular flexibility index (Phi) is 3.24. The van der Waals surface area contributed by atoms with Gasteiger partial charge >= 0.3 is 0 Å². The molecule has 1 N–H and O–H groups in total. The van der Waals surface area contributed by atoms with E-state index in [1.54, 1.807) is 10.4 Å². The summed E-state index contributed by atoms with van der Waals surface area (Å²) >= 11 is 1.94. The third-order valence-electron chi connectivity index (χ3n) is 3.23. The number of rotatable bonds is 3. The van der Waals surface area contributed by atoms with Crippen molar-refractivity contribution >= 4 is 11.3 Å². The lowest BCUT2D eigenvalue weighted by Crippen LogP contribution is -2.33. The fourth-order valence-corrected chi connectivity index (χ4v) is 3.50. The lowest BCUT2D eigenvalue weighted by molar-refractivity contribution is 0.424. The van der Waals surface area contributed by atoms with Crippen molar-refractivity contribution in [1.29, 1.82) is 0 Å². The van der Waals surface area contributed by atoms with Crippen molar-refractivity contribution in [3.63, 3.8) is 0 Å². The molecule has 0 aromatic carbocycles. The predicted molar refractivity (Wildman–Crippen MR) is 63.1 cm³/mol. The predicted octanol–water partition coefficient (Wildman–Crippen LogP) is 3.17. The highest BCUT2D eigenvalue weighted by Gasteiger charge is 2.25. The number of fused-ring (bicyclic) bond motifs is 1. The lowest BCUT2D eigenvalue weighted by Gasteiger charge is -2.28. The van der Waals surface area contributed by atoms with Gasteiger partial charge in [-0.3, -0.25) is 0 Å². The molecular weight excluding hydrogens is 190 g/mol. The minimum Gasteiger partial charge on any atom is -0.314 e. The van der Waals surface area contributed by atoms with Crippen LogP contribution in [0.15, 0.2) is 11.4 Å². The van der Waals surface area contributed by atoms with E-state index in [9.17, 15) is 0 Å². The number of thiophene rings is 1. The minimum atomic E-state index is 0.633. The maximum absolute atomic E-state index is 3.55. The Morgan fingerprint density at radius 2 is 2.50 bits per heavy atom. The molecule has 1 aliphatic carbocycles. The summed E-state index contributed by atoms with van der Waals surface area (Å²) in [5.74, 6) is 0.755. The van der Waals surface area contributed by atoms with Crippen LogP contribution >= 0.6 is 11.3 Å². The molecule has 2 rings (SSSR count). The molecule has 2 atom stereocenters. The molecule has 1 aromatic heterocycles. The van der Waals surface area contributed by atoms with E-state index in [4.69, 9.17) is 0 Å². The number of aryl methyl sites for hydroxylation is 1. The Morgan fingerprint density at radius 3 is 3.29 bits per heavy atom. The van der Waals surface area contributed by atoms with Crippen LogP contribution in [-0.4, -0.2) is 12.6 Å². The Labute approximate surface area is 90.5 Å². The van der Waals surface area contributed by atoms with Gasteiger partial charge in [0.05, 0.1) is 0 Å². The molecule has 0 aliphatic heterocycles.